The average Bonchev–Trinajstić information content (AvgIpc) is 2.92. The highest BCUT2D eigenvalue weighted by Crippen LogP contribution is 2.21. The second-order valence-corrected chi connectivity index (χ2v) is 5.57. The van der Waals surface area contributed by atoms with Crippen LogP contribution in [0.3, 0.4) is 0 Å². The van der Waals surface area contributed by atoms with Crippen LogP contribution in [0.4, 0.5) is 0 Å². The molecule has 1 aliphatic heterocycles. The molecular weight excluding hydrogens is 280 g/mol. The first-order valence-corrected chi connectivity index (χ1v) is 7.75. The second-order valence-electron chi connectivity index (χ2n) is 5.57. The summed E-state index contributed by atoms with van der Waals surface area (Å²) in [7, 11) is 1.63. The normalized spacial score (nSPS) is 17.8. The Balaban J connectivity index is 2.04. The summed E-state index contributed by atoms with van der Waals surface area (Å²) in [6.45, 7) is 4.74. The molecule has 1 heterocycles. The lowest BCUT2D eigenvalue weighted by Gasteiger charge is -2.25. The Morgan fingerprint density at radius 3 is 2.68 bits per heavy atom. The van der Waals surface area contributed by atoms with Crippen LogP contribution in [0.25, 0.3) is 0 Å². The molecule has 5 heteroatoms. The lowest BCUT2D eigenvalue weighted by atomic mass is 10.1. The number of carbonyl (C=O) groups is 2. The Kier molecular flexibility index (Phi) is 5.95. The summed E-state index contributed by atoms with van der Waals surface area (Å²) < 4.78 is 5.12. The van der Waals surface area contributed by atoms with Crippen molar-refractivity contribution in [2.24, 2.45) is 5.92 Å². The largest absolute Gasteiger partial charge is 0.383 e. The molecule has 22 heavy (non-hydrogen) atoms. The number of carbonyl (C=O) groups excluding carboxylic acids is 2. The van der Waals surface area contributed by atoms with E-state index in [2.05, 4.69) is 0 Å². The van der Waals surface area contributed by atoms with E-state index < -0.39 is 0 Å². The number of likely N-dealkylation sites (tertiary alicyclic amines) is 1. The van der Waals surface area contributed by atoms with E-state index in [0.717, 1.165) is 5.56 Å². The third-order valence-electron chi connectivity index (χ3n) is 4.04. The minimum absolute atomic E-state index is 0.0465. The smallest absolute Gasteiger partial charge is 0.228 e. The first-order valence-electron chi connectivity index (χ1n) is 7.75. The van der Waals surface area contributed by atoms with Gasteiger partial charge in [0.25, 0.3) is 0 Å². The molecule has 0 N–H and O–H groups in total. The Bertz CT molecular complexity index is 504. The number of nitrogens with zero attached hydrogens (tertiary/aromatic N) is 2. The second kappa shape index (κ2) is 7.94. The zero-order valence-corrected chi connectivity index (χ0v) is 13.3. The summed E-state index contributed by atoms with van der Waals surface area (Å²) >= 11 is 0. The van der Waals surface area contributed by atoms with Crippen LogP contribution in [0.15, 0.2) is 30.3 Å². The number of amides is 2. The zero-order valence-electron chi connectivity index (χ0n) is 13.3. The van der Waals surface area contributed by atoms with Crippen LogP contribution in [-0.4, -0.2) is 55.0 Å². The molecule has 0 aromatic heterocycles. The van der Waals surface area contributed by atoms with E-state index in [1.807, 2.05) is 37.3 Å². The fourth-order valence-corrected chi connectivity index (χ4v) is 2.77. The van der Waals surface area contributed by atoms with Crippen molar-refractivity contribution in [3.8, 4) is 0 Å². The van der Waals surface area contributed by atoms with Crippen molar-refractivity contribution >= 4 is 11.8 Å². The van der Waals surface area contributed by atoms with Gasteiger partial charge in [0, 0.05) is 39.7 Å². The molecule has 0 spiro atoms. The summed E-state index contributed by atoms with van der Waals surface area (Å²) in [6, 6.07) is 9.90. The maximum Gasteiger partial charge on any atom is 0.228 e. The number of hydrogen-bond acceptors (Lipinski definition) is 3. The van der Waals surface area contributed by atoms with Gasteiger partial charge in [0.15, 0.2) is 0 Å². The number of benzene rings is 1. The maximum absolute atomic E-state index is 12.8. The number of hydrogen-bond donors (Lipinski definition) is 0. The molecule has 1 fully saturated rings. The van der Waals surface area contributed by atoms with Crippen LogP contribution < -0.4 is 0 Å². The molecule has 0 aliphatic carbocycles. The molecule has 1 aliphatic rings. The molecule has 1 saturated heterocycles. The van der Waals surface area contributed by atoms with Gasteiger partial charge in [0.05, 0.1) is 12.5 Å². The van der Waals surface area contributed by atoms with Crippen molar-refractivity contribution in [3.63, 3.8) is 0 Å². The van der Waals surface area contributed by atoms with Gasteiger partial charge in [-0.25, -0.2) is 0 Å². The summed E-state index contributed by atoms with van der Waals surface area (Å²) in [5.41, 5.74) is 1.09. The minimum Gasteiger partial charge on any atom is -0.383 e. The summed E-state index contributed by atoms with van der Waals surface area (Å²) in [5, 5.41) is 0. The van der Waals surface area contributed by atoms with Crippen LogP contribution in [-0.2, 0) is 20.9 Å². The van der Waals surface area contributed by atoms with Crippen LogP contribution in [0.5, 0.6) is 0 Å². The molecule has 0 saturated carbocycles. The van der Waals surface area contributed by atoms with E-state index >= 15 is 0 Å². The quantitative estimate of drug-likeness (QED) is 0.767. The Labute approximate surface area is 131 Å². The Hall–Kier alpha value is -1.88. The number of methoxy groups -OCH3 is 1. The Morgan fingerprint density at radius 2 is 2.09 bits per heavy atom. The lowest BCUT2D eigenvalue weighted by molar-refractivity contribution is -0.137. The van der Waals surface area contributed by atoms with Crippen molar-refractivity contribution in [2.45, 2.75) is 19.9 Å². The third kappa shape index (κ3) is 4.07. The van der Waals surface area contributed by atoms with Crippen molar-refractivity contribution in [3.05, 3.63) is 35.9 Å². The van der Waals surface area contributed by atoms with Gasteiger partial charge in [-0.1, -0.05) is 30.3 Å². The SMILES string of the molecule is CCN1C[C@H](C(=O)N(CCOC)Cc2ccccc2)CC1=O. The predicted octanol–water partition coefficient (Wildman–Crippen LogP) is 1.53. The summed E-state index contributed by atoms with van der Waals surface area (Å²) in [5.74, 6) is -0.106. The molecule has 120 valence electrons. The Morgan fingerprint density at radius 1 is 1.36 bits per heavy atom. The van der Waals surface area contributed by atoms with Gasteiger partial charge in [-0.2, -0.15) is 0 Å². The van der Waals surface area contributed by atoms with Gasteiger partial charge in [0.2, 0.25) is 11.8 Å². The molecule has 5 nitrogen and oxygen atoms in total. The fourth-order valence-electron chi connectivity index (χ4n) is 2.77. The molecule has 1 atom stereocenters. The first-order chi connectivity index (χ1) is 10.7. The lowest BCUT2D eigenvalue weighted by Crippen LogP contribution is -2.39. The van der Waals surface area contributed by atoms with E-state index in [1.165, 1.54) is 0 Å². The highest BCUT2D eigenvalue weighted by molar-refractivity contribution is 5.89. The molecule has 1 aromatic carbocycles. The van der Waals surface area contributed by atoms with Crippen LogP contribution in [0.1, 0.15) is 18.9 Å². The van der Waals surface area contributed by atoms with Gasteiger partial charge in [-0.3, -0.25) is 9.59 Å². The fraction of sp³-hybridized carbons (Fsp3) is 0.529. The van der Waals surface area contributed by atoms with Gasteiger partial charge in [0.1, 0.15) is 0 Å². The molecule has 0 bridgehead atoms. The summed E-state index contributed by atoms with van der Waals surface area (Å²) in [6.07, 6.45) is 0.324. The van der Waals surface area contributed by atoms with Crippen LogP contribution in [0.2, 0.25) is 0 Å². The van der Waals surface area contributed by atoms with Crippen molar-refractivity contribution in [2.75, 3.05) is 33.4 Å². The van der Waals surface area contributed by atoms with Gasteiger partial charge in [-0.05, 0) is 12.5 Å². The van der Waals surface area contributed by atoms with Crippen molar-refractivity contribution < 1.29 is 14.3 Å². The predicted molar refractivity (Wildman–Crippen MR) is 84.1 cm³/mol. The topological polar surface area (TPSA) is 49.9 Å². The summed E-state index contributed by atoms with van der Waals surface area (Å²) in [4.78, 5) is 28.2. The number of ether oxygens (including phenoxy) is 1. The van der Waals surface area contributed by atoms with E-state index in [1.54, 1.807) is 16.9 Å². The average molecular weight is 304 g/mol. The van der Waals surface area contributed by atoms with Crippen LogP contribution >= 0.6 is 0 Å². The molecule has 0 radical (unpaired) electrons. The van der Waals surface area contributed by atoms with Crippen LogP contribution in [0, 0.1) is 5.92 Å². The molecular formula is C17H24N2O3. The van der Waals surface area contributed by atoms with E-state index in [0.29, 0.717) is 39.2 Å². The van der Waals surface area contributed by atoms with E-state index in [9.17, 15) is 9.59 Å². The van der Waals surface area contributed by atoms with Gasteiger partial charge >= 0.3 is 0 Å². The van der Waals surface area contributed by atoms with E-state index in [4.69, 9.17) is 4.74 Å². The highest BCUT2D eigenvalue weighted by atomic mass is 16.5. The van der Waals surface area contributed by atoms with Gasteiger partial charge < -0.3 is 14.5 Å². The standard InChI is InChI=1S/C17H24N2O3/c1-3-18-13-15(11-16(18)20)17(21)19(9-10-22-2)12-14-7-5-4-6-8-14/h4-8,15H,3,9-13H2,1-2H3/t15-/m1/s1. The van der Waals surface area contributed by atoms with Crippen molar-refractivity contribution in [1.29, 1.82) is 0 Å². The molecule has 2 amide bonds. The highest BCUT2D eigenvalue weighted by Gasteiger charge is 2.35. The van der Waals surface area contributed by atoms with E-state index in [-0.39, 0.29) is 17.7 Å². The third-order valence-corrected chi connectivity index (χ3v) is 4.04. The zero-order chi connectivity index (χ0) is 15.9. The van der Waals surface area contributed by atoms with Gasteiger partial charge in [-0.15, -0.1) is 0 Å². The monoisotopic (exact) mass is 304 g/mol. The first kappa shape index (κ1) is 16.5. The number of rotatable bonds is 7. The minimum atomic E-state index is -0.229. The maximum atomic E-state index is 12.8. The molecule has 2 rings (SSSR count). The molecule has 1 aromatic rings. The van der Waals surface area contributed by atoms with Crippen molar-refractivity contribution in [1.82, 2.24) is 9.80 Å². The molecule has 0 unspecified atom stereocenters.